The summed E-state index contributed by atoms with van der Waals surface area (Å²) < 4.78 is 21.9. The second kappa shape index (κ2) is 11.8. The molecule has 2 heterocycles. The van der Waals surface area contributed by atoms with E-state index in [0.29, 0.717) is 64.8 Å². The first kappa shape index (κ1) is 26.6. The van der Waals surface area contributed by atoms with E-state index >= 15 is 0 Å². The molecule has 204 valence electrons. The van der Waals surface area contributed by atoms with Gasteiger partial charge in [0.15, 0.2) is 23.1 Å². The maximum Gasteiger partial charge on any atom is 0.186 e. The van der Waals surface area contributed by atoms with Gasteiger partial charge in [-0.15, -0.1) is 0 Å². The minimum atomic E-state index is -0.248. The number of methoxy groups -OCH3 is 2. The average Bonchev–Trinajstić information content (AvgIpc) is 3.47. The first-order chi connectivity index (χ1) is 19.5. The van der Waals surface area contributed by atoms with Crippen LogP contribution in [-0.2, 0) is 20.9 Å². The fourth-order valence-electron chi connectivity index (χ4n) is 4.41. The number of nitrogens with one attached hydrogen (secondary N) is 1. The smallest absolute Gasteiger partial charge is 0.186 e. The Labute approximate surface area is 230 Å². The Morgan fingerprint density at radius 1 is 1.00 bits per heavy atom. The standard InChI is InChI=1S/C30H28N4O6/c1-34(17-21-5-4-10-39-21)26-8-6-19(13-22(26)23-14-20(35)7-9-27(23)36)33-30-24-15-28(38-3)29(40-12-11-37-2)16-25(24)31-18-32-30/h4-10,13-16,18H,11-12,17H2,1-3H3,(H,31,32,33). The highest BCUT2D eigenvalue weighted by Gasteiger charge is 2.21. The fourth-order valence-corrected chi connectivity index (χ4v) is 4.41. The summed E-state index contributed by atoms with van der Waals surface area (Å²) in [6.45, 7) is 1.28. The van der Waals surface area contributed by atoms with E-state index in [1.54, 1.807) is 26.5 Å². The highest BCUT2D eigenvalue weighted by atomic mass is 16.5. The number of carbonyl (C=O) groups excluding carboxylic acids is 2. The van der Waals surface area contributed by atoms with E-state index in [9.17, 15) is 9.59 Å². The average molecular weight is 541 g/mol. The van der Waals surface area contributed by atoms with E-state index in [4.69, 9.17) is 18.6 Å². The summed E-state index contributed by atoms with van der Waals surface area (Å²) in [5.74, 6) is 1.88. The molecule has 0 saturated heterocycles. The van der Waals surface area contributed by atoms with Crippen molar-refractivity contribution in [2.45, 2.75) is 6.54 Å². The number of hydrogen-bond donors (Lipinski definition) is 1. The van der Waals surface area contributed by atoms with Gasteiger partial charge < -0.3 is 28.8 Å². The Morgan fingerprint density at radius 3 is 2.65 bits per heavy atom. The molecule has 10 nitrogen and oxygen atoms in total. The van der Waals surface area contributed by atoms with Crippen LogP contribution in [-0.4, -0.2) is 56.0 Å². The SMILES string of the molecule is COCCOc1cc2ncnc(Nc3ccc(N(C)Cc4ccco4)c(C4=CC(=O)C=CC4=O)c3)c2cc1OC. The van der Waals surface area contributed by atoms with Crippen molar-refractivity contribution >= 4 is 45.2 Å². The number of carbonyl (C=O) groups is 2. The topological polar surface area (TPSA) is 116 Å². The number of nitrogens with zero attached hydrogens (tertiary/aromatic N) is 3. The second-order valence-electron chi connectivity index (χ2n) is 9.03. The van der Waals surface area contributed by atoms with Gasteiger partial charge in [0.25, 0.3) is 0 Å². The first-order valence-corrected chi connectivity index (χ1v) is 12.5. The lowest BCUT2D eigenvalue weighted by Gasteiger charge is -2.24. The van der Waals surface area contributed by atoms with Crippen LogP contribution < -0.4 is 19.7 Å². The Kier molecular flexibility index (Phi) is 7.88. The molecule has 2 aromatic heterocycles. The van der Waals surface area contributed by atoms with Crippen LogP contribution in [0.4, 0.5) is 17.2 Å². The summed E-state index contributed by atoms with van der Waals surface area (Å²) in [7, 11) is 5.07. The molecule has 5 rings (SSSR count). The molecule has 0 saturated carbocycles. The maximum absolute atomic E-state index is 12.9. The molecule has 40 heavy (non-hydrogen) atoms. The van der Waals surface area contributed by atoms with Crippen molar-refractivity contribution in [3.8, 4) is 11.5 Å². The molecule has 4 aromatic rings. The largest absolute Gasteiger partial charge is 0.493 e. The molecular formula is C30H28N4O6. The summed E-state index contributed by atoms with van der Waals surface area (Å²) >= 11 is 0. The van der Waals surface area contributed by atoms with Crippen LogP contribution in [0.1, 0.15) is 11.3 Å². The zero-order valence-electron chi connectivity index (χ0n) is 22.3. The number of allylic oxidation sites excluding steroid dienone is 4. The van der Waals surface area contributed by atoms with Gasteiger partial charge in [-0.05, 0) is 54.6 Å². The molecule has 0 atom stereocenters. The number of hydrogen-bond acceptors (Lipinski definition) is 10. The molecule has 0 fully saturated rings. The lowest BCUT2D eigenvalue weighted by molar-refractivity contribution is -0.113. The van der Waals surface area contributed by atoms with Gasteiger partial charge in [0.05, 0.1) is 32.0 Å². The summed E-state index contributed by atoms with van der Waals surface area (Å²) in [5.41, 5.74) is 3.00. The van der Waals surface area contributed by atoms with Crippen molar-refractivity contribution in [2.75, 3.05) is 44.7 Å². The predicted octanol–water partition coefficient (Wildman–Crippen LogP) is 4.73. The van der Waals surface area contributed by atoms with Crippen molar-refractivity contribution in [1.82, 2.24) is 9.97 Å². The van der Waals surface area contributed by atoms with Gasteiger partial charge in [-0.1, -0.05) is 0 Å². The molecule has 1 aliphatic rings. The Morgan fingerprint density at radius 2 is 1.88 bits per heavy atom. The Hall–Kier alpha value is -4.96. The molecule has 0 radical (unpaired) electrons. The third-order valence-corrected chi connectivity index (χ3v) is 6.35. The number of ketones is 2. The minimum Gasteiger partial charge on any atom is -0.493 e. The molecule has 0 aliphatic heterocycles. The van der Waals surface area contributed by atoms with Gasteiger partial charge in [0.1, 0.15) is 24.5 Å². The lowest BCUT2D eigenvalue weighted by Crippen LogP contribution is -2.19. The van der Waals surface area contributed by atoms with Gasteiger partial charge >= 0.3 is 0 Å². The summed E-state index contributed by atoms with van der Waals surface area (Å²) in [4.78, 5) is 35.9. The third kappa shape index (κ3) is 5.71. The summed E-state index contributed by atoms with van der Waals surface area (Å²) in [6.07, 6.45) is 7.00. The molecule has 1 aliphatic carbocycles. The second-order valence-corrected chi connectivity index (χ2v) is 9.03. The van der Waals surface area contributed by atoms with Crippen LogP contribution in [0.3, 0.4) is 0 Å². The van der Waals surface area contributed by atoms with E-state index < -0.39 is 0 Å². The highest BCUT2D eigenvalue weighted by molar-refractivity contribution is 6.34. The minimum absolute atomic E-state index is 0.245. The number of aromatic nitrogens is 2. The number of fused-ring (bicyclic) bond motifs is 1. The lowest BCUT2D eigenvalue weighted by atomic mass is 9.94. The normalized spacial score (nSPS) is 12.9. The molecule has 1 N–H and O–H groups in total. The zero-order chi connectivity index (χ0) is 28.1. The van der Waals surface area contributed by atoms with E-state index in [-0.39, 0.29) is 11.6 Å². The molecular weight excluding hydrogens is 512 g/mol. The quantitative estimate of drug-likeness (QED) is 0.211. The van der Waals surface area contributed by atoms with E-state index in [2.05, 4.69) is 15.3 Å². The number of rotatable bonds is 11. The Bertz CT molecular complexity index is 1610. The van der Waals surface area contributed by atoms with Crippen LogP contribution >= 0.6 is 0 Å². The highest BCUT2D eigenvalue weighted by Crippen LogP contribution is 2.37. The number of anilines is 3. The van der Waals surface area contributed by atoms with Gasteiger partial charge in [-0.2, -0.15) is 0 Å². The van der Waals surface area contributed by atoms with Crippen LogP contribution in [0.25, 0.3) is 16.5 Å². The molecule has 0 bridgehead atoms. The van der Waals surface area contributed by atoms with Gasteiger partial charge in [-0.25, -0.2) is 9.97 Å². The van der Waals surface area contributed by atoms with Crippen LogP contribution in [0.15, 0.2) is 77.7 Å². The fraction of sp³-hybridized carbons (Fsp3) is 0.200. The third-order valence-electron chi connectivity index (χ3n) is 6.35. The number of ether oxygens (including phenoxy) is 3. The van der Waals surface area contributed by atoms with Crippen molar-refractivity contribution in [1.29, 1.82) is 0 Å². The van der Waals surface area contributed by atoms with Crippen molar-refractivity contribution in [3.63, 3.8) is 0 Å². The van der Waals surface area contributed by atoms with Crippen LogP contribution in [0.2, 0.25) is 0 Å². The summed E-state index contributed by atoms with van der Waals surface area (Å²) in [5, 5.41) is 4.05. The molecule has 2 aromatic carbocycles. The first-order valence-electron chi connectivity index (χ1n) is 12.5. The monoisotopic (exact) mass is 540 g/mol. The van der Waals surface area contributed by atoms with Gasteiger partial charge in [0.2, 0.25) is 0 Å². The van der Waals surface area contributed by atoms with E-state index in [1.165, 1.54) is 24.6 Å². The van der Waals surface area contributed by atoms with Gasteiger partial charge in [-0.3, -0.25) is 9.59 Å². The van der Waals surface area contributed by atoms with E-state index in [1.807, 2.05) is 48.3 Å². The molecule has 0 unspecified atom stereocenters. The Balaban J connectivity index is 1.52. The number of furan rings is 1. The number of benzene rings is 2. The van der Waals surface area contributed by atoms with Gasteiger partial charge in [0, 0.05) is 48.1 Å². The van der Waals surface area contributed by atoms with Crippen LogP contribution in [0.5, 0.6) is 11.5 Å². The van der Waals surface area contributed by atoms with Crippen molar-refractivity contribution in [2.24, 2.45) is 0 Å². The zero-order valence-corrected chi connectivity index (χ0v) is 22.3. The van der Waals surface area contributed by atoms with E-state index in [0.717, 1.165) is 11.4 Å². The van der Waals surface area contributed by atoms with Crippen molar-refractivity contribution < 1.29 is 28.2 Å². The summed E-state index contributed by atoms with van der Waals surface area (Å²) in [6, 6.07) is 12.9. The van der Waals surface area contributed by atoms with Crippen molar-refractivity contribution in [3.05, 3.63) is 84.6 Å². The van der Waals surface area contributed by atoms with Crippen LogP contribution in [0, 0.1) is 0 Å². The molecule has 0 amide bonds. The molecule has 10 heteroatoms. The maximum atomic E-state index is 12.9. The predicted molar refractivity (Wildman–Crippen MR) is 151 cm³/mol. The molecule has 0 spiro atoms.